The molecule has 0 aromatic carbocycles. The van der Waals surface area contributed by atoms with E-state index >= 15 is 0 Å². The molecule has 0 aliphatic heterocycles. The second kappa shape index (κ2) is 42.3. The molecule has 0 rings (SSSR count). The van der Waals surface area contributed by atoms with E-state index in [2.05, 4.69) is 0 Å². The van der Waals surface area contributed by atoms with Gasteiger partial charge >= 0.3 is 143 Å². The maximum absolute atomic E-state index is 8.36. The number of rotatable bonds is 0. The summed E-state index contributed by atoms with van der Waals surface area (Å²) in [5.74, 6) is 0. The van der Waals surface area contributed by atoms with Gasteiger partial charge in [-0.3, -0.25) is 9.59 Å². The molecule has 2 N–H and O–H groups in total. The fraction of sp³-hybridized carbons (Fsp3) is 0. The fourth-order valence-corrected chi connectivity index (χ4v) is 0. The number of hydrogen-bond donors (Lipinski definition) is 2. The maximum Gasteiger partial charge on any atom is 0.316 e. The zero-order valence-electron chi connectivity index (χ0n) is 2.87. The van der Waals surface area contributed by atoms with Crippen LogP contribution < -0.4 is 0 Å². The van der Waals surface area contributed by atoms with Gasteiger partial charge in [0.1, 0.15) is 0 Å². The van der Waals surface area contributed by atoms with Crippen LogP contribution in [0.4, 0.5) is 0 Å². The summed E-state index contributed by atoms with van der Waals surface area (Å²) < 4.78 is 0. The topological polar surface area (TPSA) is 74.6 Å². The van der Waals surface area contributed by atoms with Gasteiger partial charge < -0.3 is 10.2 Å². The molecule has 0 radical (unpaired) electrons. The second-order valence-corrected chi connectivity index (χ2v) is 0.211. The van der Waals surface area contributed by atoms with E-state index < -0.39 is 0 Å². The van der Waals surface area contributed by atoms with Gasteiger partial charge in [0, 0.05) is 0 Å². The molecule has 0 saturated carbocycles. The quantitative estimate of drug-likeness (QED) is 0.373. The average Bonchev–Trinajstić information content (AvgIpc) is 1.39. The van der Waals surface area contributed by atoms with Crippen LogP contribution in [-0.4, -0.2) is 166 Å². The van der Waals surface area contributed by atoms with Crippen LogP contribution in [-0.2, 0) is 9.59 Å². The Morgan fingerprint density at radius 3 is 1.00 bits per heavy atom. The third-order valence-electron chi connectivity index (χ3n) is 0. The zero-order chi connectivity index (χ0) is 5.41. The Balaban J connectivity index is -0.00000000889. The van der Waals surface area contributed by atoms with Crippen LogP contribution >= 0.6 is 0 Å². The molecule has 0 unspecified atom stereocenters. The van der Waals surface area contributed by atoms with Crippen molar-refractivity contribution in [1.82, 2.24) is 0 Å². The molecule has 7 heteroatoms. The van der Waals surface area contributed by atoms with Gasteiger partial charge in [-0.2, -0.15) is 0 Å². The van der Waals surface area contributed by atoms with E-state index in [1.807, 2.05) is 0 Å². The molecule has 0 fully saturated rings. The summed E-state index contributed by atoms with van der Waals surface area (Å²) in [6.07, 6.45) is 0. The van der Waals surface area contributed by atoms with Crippen molar-refractivity contribution in [3.63, 3.8) is 0 Å². The van der Waals surface area contributed by atoms with Crippen molar-refractivity contribution in [1.29, 1.82) is 0 Å². The molecule has 0 saturated heterocycles. The molecule has 0 spiro atoms. The van der Waals surface area contributed by atoms with Crippen molar-refractivity contribution in [3.8, 4) is 0 Å². The van der Waals surface area contributed by atoms with Crippen molar-refractivity contribution >= 4 is 156 Å². The summed E-state index contributed by atoms with van der Waals surface area (Å²) in [7, 11) is 0. The molecular weight excluding hydrogens is 284 g/mol. The van der Waals surface area contributed by atoms with Crippen molar-refractivity contribution in [2.24, 2.45) is 0 Å². The summed E-state index contributed by atoms with van der Waals surface area (Å²) in [4.78, 5) is 16.7. The van der Waals surface area contributed by atoms with Crippen LogP contribution in [0.5, 0.6) is 0 Å². The zero-order valence-corrected chi connectivity index (χ0v) is 2.87. The molecule has 0 aromatic rings. The van der Waals surface area contributed by atoms with Gasteiger partial charge in [0.2, 0.25) is 0 Å². The molecule has 0 aromatic heterocycles. The standard InChI is InChI=1S/2CH2O2.Cs.K.Mg.4H/c2*2-1-3;;;;;;;/h2*1H,(H,2,3);;;;;;;. The third-order valence-corrected chi connectivity index (χ3v) is 0. The molecule has 0 amide bonds. The van der Waals surface area contributed by atoms with E-state index in [0.717, 1.165) is 0 Å². The van der Waals surface area contributed by atoms with E-state index in [0.29, 0.717) is 0 Å². The Labute approximate surface area is 171 Å². The van der Waals surface area contributed by atoms with Crippen LogP contribution in [0, 0.1) is 0 Å². The first-order valence-corrected chi connectivity index (χ1v) is 0.988. The Kier molecular flexibility index (Phi) is 138. The second-order valence-electron chi connectivity index (χ2n) is 0.211. The molecule has 4 nitrogen and oxygen atoms in total. The summed E-state index contributed by atoms with van der Waals surface area (Å²) in [5, 5.41) is 13.8. The van der Waals surface area contributed by atoms with Gasteiger partial charge in [-0.1, -0.05) is 0 Å². The van der Waals surface area contributed by atoms with E-state index in [1.165, 1.54) is 0 Å². The smallest absolute Gasteiger partial charge is 0.316 e. The Hall–Kier alpha value is 3.39. The van der Waals surface area contributed by atoms with Crippen LogP contribution in [0.1, 0.15) is 0 Å². The van der Waals surface area contributed by atoms with E-state index in [9.17, 15) is 0 Å². The van der Waals surface area contributed by atoms with Crippen LogP contribution in [0.3, 0.4) is 0 Å². The number of hydrogen-bond acceptors (Lipinski definition) is 2. The minimum absolute atomic E-state index is 0. The van der Waals surface area contributed by atoms with Gasteiger partial charge in [0.05, 0.1) is 0 Å². The third kappa shape index (κ3) is 87.3. The Morgan fingerprint density at radius 1 is 1.00 bits per heavy atom. The van der Waals surface area contributed by atoms with Crippen molar-refractivity contribution in [2.75, 3.05) is 0 Å². The van der Waals surface area contributed by atoms with E-state index in [4.69, 9.17) is 19.8 Å². The van der Waals surface area contributed by atoms with Gasteiger partial charge in [-0.15, -0.1) is 0 Å². The summed E-state index contributed by atoms with van der Waals surface area (Å²) >= 11 is 0. The van der Waals surface area contributed by atoms with Crippen molar-refractivity contribution < 1.29 is 19.8 Å². The largest absolute Gasteiger partial charge is 0.316 e. The summed E-state index contributed by atoms with van der Waals surface area (Å²) in [6.45, 7) is -0.500. The minimum Gasteiger partial charge on any atom is 0.316 e. The van der Waals surface area contributed by atoms with Gasteiger partial charge in [-0.05, 0) is 0 Å². The molecule has 0 aliphatic rings. The van der Waals surface area contributed by atoms with Crippen molar-refractivity contribution in [3.05, 3.63) is 0 Å². The molecular formula is C2H8CsKMgO4. The molecule has 44 valence electrons. The molecule has 0 bridgehead atoms. The normalized spacial score (nSPS) is 2.67. The first-order valence-electron chi connectivity index (χ1n) is 0.988. The van der Waals surface area contributed by atoms with Gasteiger partial charge in [0.25, 0.3) is 12.9 Å². The molecule has 0 aliphatic carbocycles. The Bertz CT molecular complexity index is 39.5. The van der Waals surface area contributed by atoms with E-state index in [-0.39, 0.29) is 156 Å². The summed E-state index contributed by atoms with van der Waals surface area (Å²) in [6, 6.07) is 0. The predicted molar refractivity (Wildman–Crippen MR) is 40.2 cm³/mol. The van der Waals surface area contributed by atoms with Crippen LogP contribution in [0.15, 0.2) is 0 Å². The predicted octanol–water partition coefficient (Wildman–Crippen LogP) is -2.81. The Morgan fingerprint density at radius 2 is 1.00 bits per heavy atom. The first kappa shape index (κ1) is 29.4. The molecule has 0 heterocycles. The first-order chi connectivity index (χ1) is 2.83. The maximum atomic E-state index is 8.36. The average molecular weight is 292 g/mol. The van der Waals surface area contributed by atoms with Crippen molar-refractivity contribution in [2.45, 2.75) is 0 Å². The SMILES string of the molecule is O=CO.O=CO.[CsH].[KH].[MgH2]. The van der Waals surface area contributed by atoms with Gasteiger partial charge in [-0.25, -0.2) is 0 Å². The molecule has 0 atom stereocenters. The van der Waals surface area contributed by atoms with Crippen LogP contribution in [0.2, 0.25) is 0 Å². The molecule has 9 heavy (non-hydrogen) atoms. The van der Waals surface area contributed by atoms with Crippen LogP contribution in [0.25, 0.3) is 0 Å². The summed E-state index contributed by atoms with van der Waals surface area (Å²) in [5.41, 5.74) is 0. The fourth-order valence-electron chi connectivity index (χ4n) is 0. The number of carboxylic acid groups (broad SMARTS) is 2. The minimum atomic E-state index is -0.250. The van der Waals surface area contributed by atoms with Gasteiger partial charge in [0.15, 0.2) is 0 Å². The van der Waals surface area contributed by atoms with E-state index in [1.54, 1.807) is 0 Å². The monoisotopic (exact) mass is 292 g/mol. The number of carbonyl (C=O) groups is 2.